The van der Waals surface area contributed by atoms with E-state index < -0.39 is 16.1 Å². The van der Waals surface area contributed by atoms with Crippen molar-refractivity contribution in [1.82, 2.24) is 5.32 Å². The monoisotopic (exact) mass is 434 g/mol. The predicted octanol–water partition coefficient (Wildman–Crippen LogP) is 4.39. The van der Waals surface area contributed by atoms with E-state index in [0.29, 0.717) is 17.1 Å². The molecule has 156 valence electrons. The number of sulfonamides is 1. The molecule has 0 saturated heterocycles. The number of anilines is 1. The van der Waals surface area contributed by atoms with Crippen LogP contribution in [0.5, 0.6) is 0 Å². The van der Waals surface area contributed by atoms with Gasteiger partial charge in [0.15, 0.2) is 0 Å². The third kappa shape index (κ3) is 4.75. The van der Waals surface area contributed by atoms with E-state index in [0.717, 1.165) is 36.6 Å². The first-order valence-corrected chi connectivity index (χ1v) is 12.1. The molecule has 0 saturated carbocycles. The van der Waals surface area contributed by atoms with Crippen molar-refractivity contribution in [1.29, 1.82) is 0 Å². The number of hydrogen-bond acceptors (Lipinski definition) is 3. The van der Waals surface area contributed by atoms with E-state index in [1.807, 2.05) is 32.0 Å². The fraction of sp³-hybridized carbons (Fsp3) is 0.409. The number of carbonyl (C=O) groups excluding carboxylic acids is 1. The maximum Gasteiger partial charge on any atom is 0.244 e. The van der Waals surface area contributed by atoms with Crippen molar-refractivity contribution in [3.63, 3.8) is 0 Å². The third-order valence-corrected chi connectivity index (χ3v) is 6.83. The first kappa shape index (κ1) is 21.7. The van der Waals surface area contributed by atoms with E-state index in [2.05, 4.69) is 11.4 Å². The predicted molar refractivity (Wildman–Crippen MR) is 118 cm³/mol. The maximum absolute atomic E-state index is 13.3. The lowest BCUT2D eigenvalue weighted by atomic mass is 9.87. The highest BCUT2D eigenvalue weighted by molar-refractivity contribution is 7.92. The van der Waals surface area contributed by atoms with Gasteiger partial charge in [-0.1, -0.05) is 48.9 Å². The van der Waals surface area contributed by atoms with Gasteiger partial charge in [0, 0.05) is 5.02 Å². The summed E-state index contributed by atoms with van der Waals surface area (Å²) >= 11 is 6.13. The highest BCUT2D eigenvalue weighted by Crippen LogP contribution is 2.32. The van der Waals surface area contributed by atoms with Gasteiger partial charge in [-0.15, -0.1) is 0 Å². The maximum atomic E-state index is 13.3. The fourth-order valence-corrected chi connectivity index (χ4v) is 5.45. The number of carbonyl (C=O) groups is 1. The first-order chi connectivity index (χ1) is 13.7. The second-order valence-electron chi connectivity index (χ2n) is 7.57. The molecule has 0 aromatic heterocycles. The van der Waals surface area contributed by atoms with Gasteiger partial charge in [0.25, 0.3) is 0 Å². The van der Waals surface area contributed by atoms with E-state index in [1.165, 1.54) is 9.87 Å². The van der Waals surface area contributed by atoms with Crippen LogP contribution in [0, 0.1) is 6.92 Å². The zero-order chi connectivity index (χ0) is 21.2. The largest absolute Gasteiger partial charge is 0.347 e. The van der Waals surface area contributed by atoms with Crippen molar-refractivity contribution in [2.45, 2.75) is 51.6 Å². The Morgan fingerprint density at radius 3 is 2.69 bits per heavy atom. The summed E-state index contributed by atoms with van der Waals surface area (Å²) < 4.78 is 26.6. The molecule has 3 rings (SSSR count). The summed E-state index contributed by atoms with van der Waals surface area (Å²) in [5, 5.41) is 3.53. The van der Waals surface area contributed by atoms with Gasteiger partial charge >= 0.3 is 0 Å². The van der Waals surface area contributed by atoms with E-state index in [9.17, 15) is 13.2 Å². The van der Waals surface area contributed by atoms with Crippen molar-refractivity contribution in [2.24, 2.45) is 0 Å². The SMILES string of the molecule is CC[C@@H](C(=O)N[C@@H]1CCCc2ccccc21)N(c1cc(Cl)ccc1C)S(C)(=O)=O. The number of nitrogens with one attached hydrogen (secondary N) is 1. The minimum Gasteiger partial charge on any atom is -0.347 e. The van der Waals surface area contributed by atoms with Crippen LogP contribution in [-0.2, 0) is 21.2 Å². The van der Waals surface area contributed by atoms with Gasteiger partial charge in [-0.2, -0.15) is 0 Å². The van der Waals surface area contributed by atoms with Gasteiger partial charge in [-0.25, -0.2) is 8.42 Å². The molecule has 7 heteroatoms. The van der Waals surface area contributed by atoms with Crippen molar-refractivity contribution in [3.05, 3.63) is 64.2 Å². The van der Waals surface area contributed by atoms with Gasteiger partial charge in [0.2, 0.25) is 15.9 Å². The molecule has 0 fully saturated rings. The lowest BCUT2D eigenvalue weighted by Crippen LogP contribution is -2.50. The molecule has 1 aliphatic rings. The minimum atomic E-state index is -3.70. The van der Waals surface area contributed by atoms with E-state index in [1.54, 1.807) is 18.2 Å². The van der Waals surface area contributed by atoms with Crippen LogP contribution in [0.4, 0.5) is 5.69 Å². The Morgan fingerprint density at radius 2 is 2.00 bits per heavy atom. The molecule has 5 nitrogen and oxygen atoms in total. The Hall–Kier alpha value is -2.05. The lowest BCUT2D eigenvalue weighted by Gasteiger charge is -2.33. The summed E-state index contributed by atoms with van der Waals surface area (Å²) in [4.78, 5) is 13.3. The van der Waals surface area contributed by atoms with E-state index in [-0.39, 0.29) is 11.9 Å². The first-order valence-electron chi connectivity index (χ1n) is 9.86. The molecule has 0 spiro atoms. The van der Waals surface area contributed by atoms with Crippen LogP contribution >= 0.6 is 11.6 Å². The van der Waals surface area contributed by atoms with Crippen LogP contribution in [0.25, 0.3) is 0 Å². The summed E-state index contributed by atoms with van der Waals surface area (Å²) in [5.41, 5.74) is 3.54. The Bertz CT molecular complexity index is 1010. The molecule has 2 aromatic rings. The molecule has 0 radical (unpaired) electrons. The number of nitrogens with zero attached hydrogens (tertiary/aromatic N) is 1. The molecule has 0 bridgehead atoms. The Kier molecular flexibility index (Phi) is 6.54. The Morgan fingerprint density at radius 1 is 1.28 bits per heavy atom. The van der Waals surface area contributed by atoms with Crippen molar-refractivity contribution >= 4 is 33.2 Å². The molecule has 2 atom stereocenters. The van der Waals surface area contributed by atoms with Gasteiger partial charge in [0.1, 0.15) is 6.04 Å². The second-order valence-corrected chi connectivity index (χ2v) is 9.86. The van der Waals surface area contributed by atoms with Gasteiger partial charge < -0.3 is 5.32 Å². The van der Waals surface area contributed by atoms with Crippen LogP contribution in [0.15, 0.2) is 42.5 Å². The number of aryl methyl sites for hydroxylation is 2. The quantitative estimate of drug-likeness (QED) is 0.733. The topological polar surface area (TPSA) is 66.5 Å². The molecule has 1 aliphatic carbocycles. The second kappa shape index (κ2) is 8.76. The molecule has 0 heterocycles. The minimum absolute atomic E-state index is 0.108. The van der Waals surface area contributed by atoms with Crippen molar-refractivity contribution in [3.8, 4) is 0 Å². The standard InChI is InChI=1S/C22H27ClN2O3S/c1-4-20(25(29(3,27)28)21-14-17(23)13-12-15(21)2)22(26)24-19-11-7-9-16-8-5-6-10-18(16)19/h5-6,8,10,12-14,19-20H,4,7,9,11H2,1-3H3,(H,24,26)/t19-,20+/m1/s1. The van der Waals surface area contributed by atoms with Crippen molar-refractivity contribution in [2.75, 3.05) is 10.6 Å². The van der Waals surface area contributed by atoms with Crippen LogP contribution in [0.2, 0.25) is 5.02 Å². The summed E-state index contributed by atoms with van der Waals surface area (Å²) in [7, 11) is -3.70. The van der Waals surface area contributed by atoms with Crippen LogP contribution in [0.3, 0.4) is 0 Å². The number of fused-ring (bicyclic) bond motifs is 1. The van der Waals surface area contributed by atoms with Gasteiger partial charge in [0.05, 0.1) is 18.0 Å². The number of rotatable bonds is 6. The van der Waals surface area contributed by atoms with Crippen LogP contribution in [-0.4, -0.2) is 26.6 Å². The number of hydrogen-bond donors (Lipinski definition) is 1. The summed E-state index contributed by atoms with van der Waals surface area (Å²) in [6.07, 6.45) is 4.30. The normalized spacial score (nSPS) is 17.3. The highest BCUT2D eigenvalue weighted by atomic mass is 35.5. The summed E-state index contributed by atoms with van der Waals surface area (Å²) in [6.45, 7) is 3.63. The average Bonchev–Trinajstić information content (AvgIpc) is 2.67. The zero-order valence-electron chi connectivity index (χ0n) is 17.0. The highest BCUT2D eigenvalue weighted by Gasteiger charge is 2.34. The Balaban J connectivity index is 1.94. The smallest absolute Gasteiger partial charge is 0.244 e. The van der Waals surface area contributed by atoms with E-state index in [4.69, 9.17) is 11.6 Å². The Labute approximate surface area is 178 Å². The van der Waals surface area contributed by atoms with Gasteiger partial charge in [-0.05, 0) is 61.4 Å². The average molecular weight is 435 g/mol. The molecule has 1 N–H and O–H groups in total. The lowest BCUT2D eigenvalue weighted by molar-refractivity contribution is -0.123. The molecule has 29 heavy (non-hydrogen) atoms. The third-order valence-electron chi connectivity index (χ3n) is 5.42. The summed E-state index contributed by atoms with van der Waals surface area (Å²) in [6, 6.07) is 12.2. The van der Waals surface area contributed by atoms with Gasteiger partial charge in [-0.3, -0.25) is 9.10 Å². The van der Waals surface area contributed by atoms with Crippen molar-refractivity contribution < 1.29 is 13.2 Å². The molecule has 1 amide bonds. The molecule has 2 aromatic carbocycles. The van der Waals surface area contributed by atoms with Crippen LogP contribution < -0.4 is 9.62 Å². The number of halogens is 1. The number of amides is 1. The van der Waals surface area contributed by atoms with E-state index >= 15 is 0 Å². The fourth-order valence-electron chi connectivity index (χ4n) is 4.03. The molecule has 0 unspecified atom stereocenters. The van der Waals surface area contributed by atoms with Crippen LogP contribution in [0.1, 0.15) is 48.9 Å². The molecular weight excluding hydrogens is 408 g/mol. The summed E-state index contributed by atoms with van der Waals surface area (Å²) in [5.74, 6) is -0.293. The number of benzene rings is 2. The molecule has 0 aliphatic heterocycles. The zero-order valence-corrected chi connectivity index (χ0v) is 18.6. The molecular formula is C22H27ClN2O3S.